The van der Waals surface area contributed by atoms with Crippen LogP contribution >= 0.6 is 0 Å². The average molecular weight is 213 g/mol. The number of hydrogen-bond acceptors (Lipinski definition) is 2. The molecular weight excluding hydrogens is 198 g/mol. The molecule has 0 unspecified atom stereocenters. The van der Waals surface area contributed by atoms with E-state index in [0.29, 0.717) is 5.75 Å². The van der Waals surface area contributed by atoms with E-state index in [9.17, 15) is 5.11 Å². The second-order valence-corrected chi connectivity index (χ2v) is 4.29. The van der Waals surface area contributed by atoms with Crippen LogP contribution in [0.2, 0.25) is 0 Å². The lowest BCUT2D eigenvalue weighted by Crippen LogP contribution is -1.90. The number of nitrogens with one attached hydrogen (secondary N) is 1. The van der Waals surface area contributed by atoms with Gasteiger partial charge in [0.1, 0.15) is 5.75 Å². The first-order chi connectivity index (χ1) is 7.81. The van der Waals surface area contributed by atoms with Gasteiger partial charge in [0.25, 0.3) is 0 Å². The molecule has 0 radical (unpaired) electrons. The molecule has 0 saturated carbocycles. The third kappa shape index (κ3) is 1.19. The Balaban J connectivity index is 2.46. The van der Waals surface area contributed by atoms with Crippen LogP contribution in [-0.4, -0.2) is 11.7 Å². The van der Waals surface area contributed by atoms with E-state index in [1.165, 1.54) is 16.5 Å². The van der Waals surface area contributed by atoms with Crippen LogP contribution < -0.4 is 5.32 Å². The van der Waals surface area contributed by atoms with Crippen LogP contribution in [0.5, 0.6) is 5.75 Å². The lowest BCUT2D eigenvalue weighted by atomic mass is 9.95. The molecule has 0 aromatic heterocycles. The first-order valence-corrected chi connectivity index (χ1v) is 5.81. The summed E-state index contributed by atoms with van der Waals surface area (Å²) in [4.78, 5) is 0. The topological polar surface area (TPSA) is 32.3 Å². The minimum atomic E-state index is 0.387. The minimum absolute atomic E-state index is 0.387. The number of benzene rings is 2. The van der Waals surface area contributed by atoms with E-state index in [-0.39, 0.29) is 0 Å². The molecule has 16 heavy (non-hydrogen) atoms. The van der Waals surface area contributed by atoms with Crippen LogP contribution in [0.1, 0.15) is 18.1 Å². The first-order valence-electron chi connectivity index (χ1n) is 5.81. The summed E-state index contributed by atoms with van der Waals surface area (Å²) >= 11 is 0. The van der Waals surface area contributed by atoms with Crippen molar-refractivity contribution < 1.29 is 5.11 Å². The molecule has 2 N–H and O–H groups in total. The van der Waals surface area contributed by atoms with Crippen molar-refractivity contribution in [2.75, 3.05) is 11.9 Å². The van der Waals surface area contributed by atoms with E-state index in [2.05, 4.69) is 18.3 Å². The van der Waals surface area contributed by atoms with Crippen molar-refractivity contribution >= 4 is 16.5 Å². The van der Waals surface area contributed by atoms with Crippen molar-refractivity contribution in [2.45, 2.75) is 19.8 Å². The van der Waals surface area contributed by atoms with Crippen LogP contribution in [0.25, 0.3) is 10.8 Å². The Morgan fingerprint density at radius 2 is 2.25 bits per heavy atom. The second-order valence-electron chi connectivity index (χ2n) is 4.29. The van der Waals surface area contributed by atoms with E-state index in [0.717, 1.165) is 30.5 Å². The number of rotatable bonds is 1. The molecule has 3 rings (SSSR count). The Hall–Kier alpha value is -1.70. The largest absolute Gasteiger partial charge is 0.507 e. The van der Waals surface area contributed by atoms with Crippen molar-refractivity contribution in [2.24, 2.45) is 0 Å². The fourth-order valence-electron chi connectivity index (χ4n) is 2.64. The molecule has 0 fully saturated rings. The molecule has 0 amide bonds. The summed E-state index contributed by atoms with van der Waals surface area (Å²) < 4.78 is 0. The predicted molar refractivity (Wildman–Crippen MR) is 67.2 cm³/mol. The summed E-state index contributed by atoms with van der Waals surface area (Å²) in [5.41, 5.74) is 3.80. The summed E-state index contributed by atoms with van der Waals surface area (Å²) in [6.07, 6.45) is 2.07. The lowest BCUT2D eigenvalue weighted by molar-refractivity contribution is 0.482. The zero-order chi connectivity index (χ0) is 11.1. The van der Waals surface area contributed by atoms with Gasteiger partial charge in [0.2, 0.25) is 0 Å². The molecule has 0 saturated heterocycles. The molecule has 82 valence electrons. The van der Waals surface area contributed by atoms with E-state index in [1.807, 2.05) is 18.2 Å². The molecular formula is C14H15NO. The highest BCUT2D eigenvalue weighted by molar-refractivity contribution is 5.98. The van der Waals surface area contributed by atoms with Gasteiger partial charge in [0.05, 0.1) is 0 Å². The number of hydrogen-bond donors (Lipinski definition) is 2. The van der Waals surface area contributed by atoms with Gasteiger partial charge in [-0.2, -0.15) is 0 Å². The van der Waals surface area contributed by atoms with Crippen molar-refractivity contribution in [3.8, 4) is 5.75 Å². The van der Waals surface area contributed by atoms with E-state index in [4.69, 9.17) is 0 Å². The van der Waals surface area contributed by atoms with Gasteiger partial charge in [-0.15, -0.1) is 0 Å². The summed E-state index contributed by atoms with van der Waals surface area (Å²) in [7, 11) is 0. The third-order valence-electron chi connectivity index (χ3n) is 3.41. The Morgan fingerprint density at radius 3 is 3.06 bits per heavy atom. The number of fused-ring (bicyclic) bond motifs is 3. The van der Waals surface area contributed by atoms with Crippen molar-refractivity contribution in [1.82, 2.24) is 0 Å². The van der Waals surface area contributed by atoms with Gasteiger partial charge < -0.3 is 10.4 Å². The van der Waals surface area contributed by atoms with Crippen LogP contribution in [0.3, 0.4) is 0 Å². The molecule has 2 heteroatoms. The van der Waals surface area contributed by atoms with Crippen molar-refractivity contribution in [1.29, 1.82) is 0 Å². The molecule has 0 atom stereocenters. The number of phenols is 1. The predicted octanol–water partition coefficient (Wildman–Crippen LogP) is 3.08. The number of aromatic hydroxyl groups is 1. The number of anilines is 1. The molecule has 2 aromatic carbocycles. The Morgan fingerprint density at radius 1 is 1.38 bits per heavy atom. The van der Waals surface area contributed by atoms with Gasteiger partial charge >= 0.3 is 0 Å². The Kier molecular flexibility index (Phi) is 2.03. The monoisotopic (exact) mass is 213 g/mol. The standard InChI is InChI=1S/C14H15NO/c1-2-9-4-3-5-11-13(16)8-12-10(14(9)11)6-7-15-12/h3-5,8,15-16H,2,6-7H2,1H3. The SMILES string of the molecule is CCc1cccc2c(O)cc3c(c12)CCN3. The lowest BCUT2D eigenvalue weighted by Gasteiger charge is -2.11. The summed E-state index contributed by atoms with van der Waals surface area (Å²) in [6, 6.07) is 8.03. The molecule has 1 aliphatic heterocycles. The van der Waals surface area contributed by atoms with Crippen molar-refractivity contribution in [3.05, 3.63) is 35.4 Å². The fourth-order valence-corrected chi connectivity index (χ4v) is 2.64. The van der Waals surface area contributed by atoms with Gasteiger partial charge in [-0.25, -0.2) is 0 Å². The third-order valence-corrected chi connectivity index (χ3v) is 3.41. The summed E-state index contributed by atoms with van der Waals surface area (Å²) in [5, 5.41) is 15.6. The molecule has 2 nitrogen and oxygen atoms in total. The van der Waals surface area contributed by atoms with Crippen LogP contribution in [0.4, 0.5) is 5.69 Å². The second kappa shape index (κ2) is 3.41. The Labute approximate surface area is 94.9 Å². The summed E-state index contributed by atoms with van der Waals surface area (Å²) in [5.74, 6) is 0.387. The molecule has 0 bridgehead atoms. The van der Waals surface area contributed by atoms with Crippen LogP contribution in [-0.2, 0) is 12.8 Å². The van der Waals surface area contributed by atoms with E-state index < -0.39 is 0 Å². The highest BCUT2D eigenvalue weighted by atomic mass is 16.3. The number of phenolic OH excluding ortho intramolecular Hbond substituents is 1. The molecule has 0 spiro atoms. The van der Waals surface area contributed by atoms with Gasteiger partial charge in [0.15, 0.2) is 0 Å². The minimum Gasteiger partial charge on any atom is -0.507 e. The quantitative estimate of drug-likeness (QED) is 0.763. The number of aryl methyl sites for hydroxylation is 1. The smallest absolute Gasteiger partial charge is 0.125 e. The van der Waals surface area contributed by atoms with E-state index in [1.54, 1.807) is 0 Å². The van der Waals surface area contributed by atoms with Gasteiger partial charge in [0, 0.05) is 23.7 Å². The van der Waals surface area contributed by atoms with Crippen molar-refractivity contribution in [3.63, 3.8) is 0 Å². The highest BCUT2D eigenvalue weighted by Gasteiger charge is 2.17. The zero-order valence-electron chi connectivity index (χ0n) is 9.38. The summed E-state index contributed by atoms with van der Waals surface area (Å²) in [6.45, 7) is 3.14. The van der Waals surface area contributed by atoms with Crippen LogP contribution in [0.15, 0.2) is 24.3 Å². The van der Waals surface area contributed by atoms with Crippen LogP contribution in [0, 0.1) is 0 Å². The van der Waals surface area contributed by atoms with Gasteiger partial charge in [-0.05, 0) is 29.4 Å². The maximum absolute atomic E-state index is 10.0. The normalized spacial score (nSPS) is 13.8. The molecule has 0 aliphatic carbocycles. The highest BCUT2D eigenvalue weighted by Crippen LogP contribution is 2.38. The van der Waals surface area contributed by atoms with Gasteiger partial charge in [-0.3, -0.25) is 0 Å². The molecule has 1 heterocycles. The molecule has 1 aliphatic rings. The van der Waals surface area contributed by atoms with E-state index >= 15 is 0 Å². The average Bonchev–Trinajstić information content (AvgIpc) is 2.76. The fraction of sp³-hybridized carbons (Fsp3) is 0.286. The van der Waals surface area contributed by atoms with Gasteiger partial charge in [-0.1, -0.05) is 25.1 Å². The Bertz CT molecular complexity index is 560. The maximum Gasteiger partial charge on any atom is 0.125 e. The maximum atomic E-state index is 10.0. The zero-order valence-corrected chi connectivity index (χ0v) is 9.38. The molecule has 2 aromatic rings. The first kappa shape index (κ1) is 9.52.